The molecule has 1 aliphatic heterocycles. The third-order valence-electron chi connectivity index (χ3n) is 7.00. The molecule has 3 aliphatic rings. The minimum absolute atomic E-state index is 0.0331. The van der Waals surface area contributed by atoms with Crippen molar-refractivity contribution in [2.45, 2.75) is 58.7 Å². The number of hydrogen-bond acceptors (Lipinski definition) is 5. The van der Waals surface area contributed by atoms with Gasteiger partial charge in [-0.15, -0.1) is 0 Å². The summed E-state index contributed by atoms with van der Waals surface area (Å²) in [5.74, 6) is 0.00369. The monoisotopic (exact) mass is 348 g/mol. The van der Waals surface area contributed by atoms with Gasteiger partial charge in [-0.3, -0.25) is 9.59 Å². The van der Waals surface area contributed by atoms with Gasteiger partial charge >= 0.3 is 5.97 Å². The number of allylic oxidation sites excluding steroid dienone is 1. The molecule has 138 valence electrons. The molecule has 2 N–H and O–H groups in total. The Morgan fingerprint density at radius 1 is 1.40 bits per heavy atom. The molecule has 5 nitrogen and oxygen atoms in total. The zero-order valence-electron chi connectivity index (χ0n) is 15.5. The van der Waals surface area contributed by atoms with Crippen LogP contribution in [-0.4, -0.2) is 40.3 Å². The van der Waals surface area contributed by atoms with Crippen molar-refractivity contribution < 1.29 is 24.5 Å². The van der Waals surface area contributed by atoms with E-state index in [1.807, 2.05) is 6.92 Å². The number of aliphatic hydroxyl groups is 2. The first kappa shape index (κ1) is 18.3. The van der Waals surface area contributed by atoms with E-state index in [4.69, 9.17) is 4.74 Å². The first-order valence-electron chi connectivity index (χ1n) is 8.97. The van der Waals surface area contributed by atoms with E-state index in [0.29, 0.717) is 24.0 Å². The molecule has 3 rings (SSSR count). The SMILES string of the molecule is C=C(CO)[C@]12C=C3C(=O)C[C@@H](C(C)C)[C@]3(C)C[C@@H](O)[C@@]1(C)CC(=O)O2. The summed E-state index contributed by atoms with van der Waals surface area (Å²) >= 11 is 0. The zero-order valence-corrected chi connectivity index (χ0v) is 15.5. The number of carbonyl (C=O) groups is 2. The first-order valence-corrected chi connectivity index (χ1v) is 8.97. The lowest BCUT2D eigenvalue weighted by atomic mass is 9.64. The number of hydrogen-bond donors (Lipinski definition) is 2. The van der Waals surface area contributed by atoms with Crippen molar-refractivity contribution in [1.29, 1.82) is 0 Å². The third-order valence-corrected chi connectivity index (χ3v) is 7.00. The second kappa shape index (κ2) is 5.52. The van der Waals surface area contributed by atoms with E-state index >= 15 is 0 Å². The highest BCUT2D eigenvalue weighted by molar-refractivity contribution is 6.00. The van der Waals surface area contributed by atoms with Crippen molar-refractivity contribution in [1.82, 2.24) is 0 Å². The van der Waals surface area contributed by atoms with Crippen molar-refractivity contribution in [3.8, 4) is 0 Å². The number of ketones is 1. The van der Waals surface area contributed by atoms with Crippen LogP contribution in [0.3, 0.4) is 0 Å². The molecule has 0 aromatic heterocycles. The number of rotatable bonds is 3. The minimum Gasteiger partial charge on any atom is -0.449 e. The van der Waals surface area contributed by atoms with E-state index in [1.54, 1.807) is 13.0 Å². The van der Waals surface area contributed by atoms with Gasteiger partial charge in [0.05, 0.1) is 24.5 Å². The van der Waals surface area contributed by atoms with E-state index in [-0.39, 0.29) is 30.6 Å². The van der Waals surface area contributed by atoms with Gasteiger partial charge in [-0.1, -0.05) is 34.3 Å². The summed E-state index contributed by atoms with van der Waals surface area (Å²) in [5.41, 5.74) is -1.86. The summed E-state index contributed by atoms with van der Waals surface area (Å²) in [6.45, 7) is 11.5. The lowest BCUT2D eigenvalue weighted by Crippen LogP contribution is -2.50. The van der Waals surface area contributed by atoms with Crippen LogP contribution in [0.1, 0.15) is 47.0 Å². The third kappa shape index (κ3) is 2.21. The highest BCUT2D eigenvalue weighted by Crippen LogP contribution is 2.61. The van der Waals surface area contributed by atoms with Gasteiger partial charge < -0.3 is 14.9 Å². The van der Waals surface area contributed by atoms with Gasteiger partial charge in [0, 0.05) is 17.4 Å². The minimum atomic E-state index is -1.34. The fourth-order valence-corrected chi connectivity index (χ4v) is 5.38. The maximum absolute atomic E-state index is 12.8. The van der Waals surface area contributed by atoms with Crippen molar-refractivity contribution in [3.05, 3.63) is 23.8 Å². The lowest BCUT2D eigenvalue weighted by Gasteiger charge is -2.43. The molecule has 2 fully saturated rings. The second-order valence-corrected chi connectivity index (χ2v) is 8.74. The molecule has 1 saturated heterocycles. The van der Waals surface area contributed by atoms with E-state index in [9.17, 15) is 19.8 Å². The molecule has 0 radical (unpaired) electrons. The smallest absolute Gasteiger partial charge is 0.307 e. The number of ether oxygens (including phenoxy) is 1. The largest absolute Gasteiger partial charge is 0.449 e. The molecule has 1 saturated carbocycles. The van der Waals surface area contributed by atoms with Crippen LogP contribution in [-0.2, 0) is 14.3 Å². The van der Waals surface area contributed by atoms with Crippen molar-refractivity contribution in [2.24, 2.45) is 22.7 Å². The maximum atomic E-state index is 12.8. The Kier molecular flexibility index (Phi) is 4.05. The van der Waals surface area contributed by atoms with Crippen molar-refractivity contribution in [2.75, 3.05) is 6.61 Å². The fraction of sp³-hybridized carbons (Fsp3) is 0.700. The first-order chi connectivity index (χ1) is 11.5. The Balaban J connectivity index is 2.27. The topological polar surface area (TPSA) is 83.8 Å². The summed E-state index contributed by atoms with van der Waals surface area (Å²) in [7, 11) is 0. The van der Waals surface area contributed by atoms with Gasteiger partial charge in [-0.05, 0) is 29.9 Å². The number of aliphatic hydroxyl groups excluding tert-OH is 2. The predicted octanol–water partition coefficient (Wildman–Crippen LogP) is 2.17. The summed E-state index contributed by atoms with van der Waals surface area (Å²) < 4.78 is 5.67. The fourth-order valence-electron chi connectivity index (χ4n) is 5.38. The van der Waals surface area contributed by atoms with E-state index < -0.39 is 28.5 Å². The molecule has 1 heterocycles. The summed E-state index contributed by atoms with van der Waals surface area (Å²) in [6, 6.07) is 0. The number of esters is 1. The van der Waals surface area contributed by atoms with Crippen LogP contribution >= 0.6 is 0 Å². The van der Waals surface area contributed by atoms with Gasteiger partial charge in [0.25, 0.3) is 0 Å². The molecule has 0 aromatic carbocycles. The molecule has 0 amide bonds. The quantitative estimate of drug-likeness (QED) is 0.603. The molecule has 0 spiro atoms. The van der Waals surface area contributed by atoms with Gasteiger partial charge in [0.15, 0.2) is 11.4 Å². The molecule has 5 atom stereocenters. The lowest BCUT2D eigenvalue weighted by molar-refractivity contribution is -0.145. The van der Waals surface area contributed by atoms with Crippen molar-refractivity contribution in [3.63, 3.8) is 0 Å². The predicted molar refractivity (Wildman–Crippen MR) is 92.5 cm³/mol. The Bertz CT molecular complexity index is 678. The van der Waals surface area contributed by atoms with E-state index in [0.717, 1.165) is 0 Å². The number of fused-ring (bicyclic) bond motifs is 2. The van der Waals surface area contributed by atoms with Gasteiger partial charge in [0.1, 0.15) is 0 Å². The van der Waals surface area contributed by atoms with Crippen LogP contribution in [0, 0.1) is 22.7 Å². The van der Waals surface area contributed by atoms with Gasteiger partial charge in [-0.25, -0.2) is 0 Å². The Hall–Kier alpha value is -1.46. The molecule has 2 aliphatic carbocycles. The van der Waals surface area contributed by atoms with Crippen molar-refractivity contribution >= 4 is 11.8 Å². The Morgan fingerprint density at radius 2 is 2.04 bits per heavy atom. The summed E-state index contributed by atoms with van der Waals surface area (Å²) in [5, 5.41) is 20.9. The highest BCUT2D eigenvalue weighted by atomic mass is 16.6. The molecule has 25 heavy (non-hydrogen) atoms. The average molecular weight is 348 g/mol. The standard InChI is InChI=1S/C20H28O5/c1-11(2)13-6-15(22)14-7-20(12(3)10-21)19(5,9-17(24)25-20)16(23)8-18(13,14)4/h7,11,13,16,21,23H,3,6,8-10H2,1-2,4-5H3/t13-,16+,18-,19+,20+/m0/s1. The van der Waals surface area contributed by atoms with Crippen LogP contribution < -0.4 is 0 Å². The second-order valence-electron chi connectivity index (χ2n) is 8.74. The summed E-state index contributed by atoms with van der Waals surface area (Å²) in [4.78, 5) is 25.0. The summed E-state index contributed by atoms with van der Waals surface area (Å²) in [6.07, 6.45) is 1.71. The van der Waals surface area contributed by atoms with Crippen LogP contribution in [0.15, 0.2) is 23.8 Å². The van der Waals surface area contributed by atoms with Crippen LogP contribution in [0.5, 0.6) is 0 Å². The highest BCUT2D eigenvalue weighted by Gasteiger charge is 2.66. The average Bonchev–Trinajstić information content (AvgIpc) is 2.90. The molecule has 0 bridgehead atoms. The van der Waals surface area contributed by atoms with Crippen LogP contribution in [0.2, 0.25) is 0 Å². The van der Waals surface area contributed by atoms with E-state index in [2.05, 4.69) is 20.4 Å². The van der Waals surface area contributed by atoms with Crippen LogP contribution in [0.4, 0.5) is 0 Å². The van der Waals surface area contributed by atoms with Gasteiger partial charge in [-0.2, -0.15) is 0 Å². The normalized spacial score (nSPS) is 43.4. The van der Waals surface area contributed by atoms with Crippen LogP contribution in [0.25, 0.3) is 0 Å². The Labute approximate surface area is 148 Å². The van der Waals surface area contributed by atoms with E-state index in [1.165, 1.54) is 0 Å². The molecular formula is C20H28O5. The number of Topliss-reactive ketones (excluding diaryl/α,β-unsaturated/α-hetero) is 1. The number of carbonyl (C=O) groups excluding carboxylic acids is 2. The zero-order chi connectivity index (χ0) is 18.8. The maximum Gasteiger partial charge on any atom is 0.307 e. The Morgan fingerprint density at radius 3 is 2.60 bits per heavy atom. The molecule has 5 heteroatoms. The molecule has 0 unspecified atom stereocenters. The molecule has 0 aromatic rings. The molecular weight excluding hydrogens is 320 g/mol. The van der Waals surface area contributed by atoms with Gasteiger partial charge in [0.2, 0.25) is 0 Å².